The molecule has 0 aliphatic carbocycles. The van der Waals surface area contributed by atoms with E-state index in [0.29, 0.717) is 5.92 Å². The van der Waals surface area contributed by atoms with Gasteiger partial charge in [-0.2, -0.15) is 0 Å². The van der Waals surface area contributed by atoms with E-state index in [4.69, 9.17) is 23.8 Å². The Labute approximate surface area is 182 Å². The smallest absolute Gasteiger partial charge is 0.170 e. The second kappa shape index (κ2) is 8.17. The summed E-state index contributed by atoms with van der Waals surface area (Å²) in [7, 11) is 0. The lowest BCUT2D eigenvalue weighted by atomic mass is 10.0. The van der Waals surface area contributed by atoms with Crippen LogP contribution in [-0.4, -0.2) is 26.1 Å². The van der Waals surface area contributed by atoms with Crippen molar-refractivity contribution in [2.24, 2.45) is 5.92 Å². The Bertz CT molecular complexity index is 1010. The standard InChI is InChI=1S/C23H25ClN4S/c1-15(2)14-28-22(21(26-23(28)29)19-7-4-5-11-25-19)20-8-6-12-27(20)17-9-10-18(24)16(3)13-17/h4-13,15,21-22H,14H2,1-3H3,(H,26,29)/t21-,22+/m1/s1. The van der Waals surface area contributed by atoms with E-state index >= 15 is 0 Å². The van der Waals surface area contributed by atoms with E-state index in [9.17, 15) is 0 Å². The molecule has 6 heteroatoms. The molecule has 0 unspecified atom stereocenters. The normalized spacial score (nSPS) is 19.1. The van der Waals surface area contributed by atoms with Gasteiger partial charge in [-0.25, -0.2) is 0 Å². The van der Waals surface area contributed by atoms with Crippen molar-refractivity contribution < 1.29 is 0 Å². The summed E-state index contributed by atoms with van der Waals surface area (Å²) in [6.07, 6.45) is 3.94. The molecule has 0 radical (unpaired) electrons. The number of hydrogen-bond donors (Lipinski definition) is 1. The van der Waals surface area contributed by atoms with Crippen molar-refractivity contribution in [2.45, 2.75) is 32.9 Å². The summed E-state index contributed by atoms with van der Waals surface area (Å²) < 4.78 is 2.23. The Morgan fingerprint density at radius 2 is 2.00 bits per heavy atom. The Balaban J connectivity index is 1.82. The maximum Gasteiger partial charge on any atom is 0.170 e. The molecule has 1 aliphatic rings. The predicted molar refractivity (Wildman–Crippen MR) is 123 cm³/mol. The van der Waals surface area contributed by atoms with Gasteiger partial charge in [0, 0.05) is 35.3 Å². The second-order valence-electron chi connectivity index (χ2n) is 7.91. The molecule has 1 fully saturated rings. The number of nitrogens with zero attached hydrogens (tertiary/aromatic N) is 3. The predicted octanol–water partition coefficient (Wildman–Crippen LogP) is 5.46. The summed E-state index contributed by atoms with van der Waals surface area (Å²) in [4.78, 5) is 6.92. The fourth-order valence-electron chi connectivity index (χ4n) is 3.97. The number of aromatic nitrogens is 2. The molecule has 1 saturated heterocycles. The molecule has 4 rings (SSSR count). The van der Waals surface area contributed by atoms with Crippen LogP contribution in [0, 0.1) is 12.8 Å². The van der Waals surface area contributed by atoms with Crippen LogP contribution >= 0.6 is 23.8 Å². The molecule has 2 aromatic heterocycles. The van der Waals surface area contributed by atoms with Gasteiger partial charge in [0.05, 0.1) is 17.8 Å². The molecule has 0 bridgehead atoms. The van der Waals surface area contributed by atoms with E-state index in [1.807, 2.05) is 31.3 Å². The number of benzene rings is 1. The summed E-state index contributed by atoms with van der Waals surface area (Å²) in [5.74, 6) is 0.487. The molecule has 0 saturated carbocycles. The fraction of sp³-hybridized carbons (Fsp3) is 0.304. The monoisotopic (exact) mass is 424 g/mol. The van der Waals surface area contributed by atoms with Gasteiger partial charge in [-0.1, -0.05) is 31.5 Å². The van der Waals surface area contributed by atoms with Crippen LogP contribution in [0.15, 0.2) is 60.9 Å². The van der Waals surface area contributed by atoms with Gasteiger partial charge in [-0.15, -0.1) is 0 Å². The highest BCUT2D eigenvalue weighted by atomic mass is 35.5. The van der Waals surface area contributed by atoms with Crippen molar-refractivity contribution in [1.82, 2.24) is 19.8 Å². The van der Waals surface area contributed by atoms with Crippen LogP contribution in [0.5, 0.6) is 0 Å². The zero-order valence-corrected chi connectivity index (χ0v) is 18.4. The average Bonchev–Trinajstić information content (AvgIpc) is 3.29. The molecule has 3 aromatic rings. The van der Waals surface area contributed by atoms with Gasteiger partial charge in [-0.05, 0) is 73.1 Å². The van der Waals surface area contributed by atoms with Crippen LogP contribution in [0.2, 0.25) is 5.02 Å². The van der Waals surface area contributed by atoms with Crippen molar-refractivity contribution >= 4 is 28.9 Å². The Morgan fingerprint density at radius 1 is 1.17 bits per heavy atom. The largest absolute Gasteiger partial charge is 0.352 e. The van der Waals surface area contributed by atoms with Crippen molar-refractivity contribution in [3.63, 3.8) is 0 Å². The van der Waals surface area contributed by atoms with Crippen LogP contribution in [0.25, 0.3) is 5.69 Å². The topological polar surface area (TPSA) is 33.1 Å². The number of halogens is 1. The lowest BCUT2D eigenvalue weighted by molar-refractivity contribution is 0.280. The van der Waals surface area contributed by atoms with Gasteiger partial charge >= 0.3 is 0 Å². The highest BCUT2D eigenvalue weighted by Crippen LogP contribution is 2.40. The molecule has 2 atom stereocenters. The quantitative estimate of drug-likeness (QED) is 0.551. The molecule has 1 aliphatic heterocycles. The van der Waals surface area contributed by atoms with Crippen LogP contribution < -0.4 is 5.32 Å². The van der Waals surface area contributed by atoms with Gasteiger partial charge in [0.15, 0.2) is 5.11 Å². The lowest BCUT2D eigenvalue weighted by Crippen LogP contribution is -2.33. The Morgan fingerprint density at radius 3 is 2.69 bits per heavy atom. The number of hydrogen-bond acceptors (Lipinski definition) is 2. The third kappa shape index (κ3) is 3.89. The van der Waals surface area contributed by atoms with Crippen molar-refractivity contribution in [3.05, 3.63) is 82.9 Å². The van der Waals surface area contributed by atoms with Crippen LogP contribution in [0.3, 0.4) is 0 Å². The highest BCUT2D eigenvalue weighted by Gasteiger charge is 2.41. The minimum absolute atomic E-state index is 0.00972. The molecule has 4 nitrogen and oxygen atoms in total. The number of aryl methyl sites for hydroxylation is 1. The van der Waals surface area contributed by atoms with Crippen LogP contribution in [0.4, 0.5) is 0 Å². The highest BCUT2D eigenvalue weighted by molar-refractivity contribution is 7.80. The van der Waals surface area contributed by atoms with Crippen LogP contribution in [-0.2, 0) is 0 Å². The summed E-state index contributed by atoms with van der Waals surface area (Å²) in [5.41, 5.74) is 4.32. The number of rotatable bonds is 5. The van der Waals surface area contributed by atoms with Crippen molar-refractivity contribution in [1.29, 1.82) is 0 Å². The van der Waals surface area contributed by atoms with Crippen molar-refractivity contribution in [2.75, 3.05) is 6.54 Å². The van der Waals surface area contributed by atoms with E-state index < -0.39 is 0 Å². The maximum atomic E-state index is 6.26. The molecule has 1 aromatic carbocycles. The molecule has 0 spiro atoms. The molecule has 0 amide bonds. The van der Waals surface area contributed by atoms with E-state index in [1.54, 1.807) is 0 Å². The third-order valence-corrected chi connectivity index (χ3v) is 6.04. The molecule has 3 heterocycles. The van der Waals surface area contributed by atoms with Gasteiger partial charge in [0.2, 0.25) is 0 Å². The first kappa shape index (κ1) is 19.9. The third-order valence-electron chi connectivity index (χ3n) is 5.26. The average molecular weight is 425 g/mol. The number of thiocarbonyl (C=S) groups is 1. The number of nitrogens with one attached hydrogen (secondary N) is 1. The summed E-state index contributed by atoms with van der Waals surface area (Å²) in [6.45, 7) is 7.35. The first-order valence-electron chi connectivity index (χ1n) is 9.87. The van der Waals surface area contributed by atoms with Crippen molar-refractivity contribution in [3.8, 4) is 5.69 Å². The summed E-state index contributed by atoms with van der Waals surface area (Å²) >= 11 is 12.0. The first-order chi connectivity index (χ1) is 14.0. The minimum atomic E-state index is -0.00972. The van der Waals surface area contributed by atoms with Gasteiger partial charge in [0.25, 0.3) is 0 Å². The Kier molecular flexibility index (Phi) is 5.61. The zero-order chi connectivity index (χ0) is 20.5. The zero-order valence-electron chi connectivity index (χ0n) is 16.8. The fourth-order valence-corrected chi connectivity index (χ4v) is 4.40. The summed E-state index contributed by atoms with van der Waals surface area (Å²) in [5, 5.41) is 5.08. The molecule has 150 valence electrons. The first-order valence-corrected chi connectivity index (χ1v) is 10.7. The lowest BCUT2D eigenvalue weighted by Gasteiger charge is -2.30. The van der Waals surface area contributed by atoms with Crippen LogP contribution in [0.1, 0.15) is 42.9 Å². The maximum absolute atomic E-state index is 6.26. The van der Waals surface area contributed by atoms with Gasteiger partial charge in [-0.3, -0.25) is 4.98 Å². The second-order valence-corrected chi connectivity index (χ2v) is 8.70. The molecular formula is C23H25ClN4S. The SMILES string of the molecule is Cc1cc(-n2cccc2[C@H]2[C@@H](c3ccccn3)NC(=S)N2CC(C)C)ccc1Cl. The van der Waals surface area contributed by atoms with Gasteiger partial charge < -0.3 is 14.8 Å². The summed E-state index contributed by atoms with van der Waals surface area (Å²) in [6, 6.07) is 16.5. The van der Waals surface area contributed by atoms with E-state index in [-0.39, 0.29) is 12.1 Å². The van der Waals surface area contributed by atoms with E-state index in [2.05, 4.69) is 70.1 Å². The molecule has 1 N–H and O–H groups in total. The van der Waals surface area contributed by atoms with E-state index in [0.717, 1.165) is 33.6 Å². The minimum Gasteiger partial charge on any atom is -0.352 e. The number of pyridine rings is 1. The Hall–Kier alpha value is -2.37. The molecular weight excluding hydrogens is 400 g/mol. The van der Waals surface area contributed by atoms with Gasteiger partial charge in [0.1, 0.15) is 0 Å². The molecule has 29 heavy (non-hydrogen) atoms. The van der Waals surface area contributed by atoms with E-state index in [1.165, 1.54) is 5.69 Å².